The van der Waals surface area contributed by atoms with E-state index in [-0.39, 0.29) is 6.29 Å². The van der Waals surface area contributed by atoms with Gasteiger partial charge in [-0.2, -0.15) is 0 Å². The minimum Gasteiger partial charge on any atom is -0.481 e. The summed E-state index contributed by atoms with van der Waals surface area (Å²) in [7, 11) is 1.59. The molecule has 1 aliphatic heterocycles. The first-order valence-corrected chi connectivity index (χ1v) is 4.13. The third-order valence-corrected chi connectivity index (χ3v) is 1.86. The van der Waals surface area contributed by atoms with Crippen molar-refractivity contribution in [1.29, 1.82) is 0 Å². The topological polar surface area (TPSA) is 40.6 Å². The van der Waals surface area contributed by atoms with Crippen LogP contribution in [-0.4, -0.2) is 25.3 Å². The molecule has 1 aromatic heterocycles. The summed E-state index contributed by atoms with van der Waals surface area (Å²) in [4.78, 5) is 4.06. The number of ether oxygens (including phenoxy) is 3. The van der Waals surface area contributed by atoms with E-state index in [2.05, 4.69) is 4.98 Å². The van der Waals surface area contributed by atoms with E-state index in [0.717, 1.165) is 5.56 Å². The zero-order valence-corrected chi connectivity index (χ0v) is 7.40. The Morgan fingerprint density at radius 1 is 1.38 bits per heavy atom. The summed E-state index contributed by atoms with van der Waals surface area (Å²) >= 11 is 0. The van der Waals surface area contributed by atoms with Crippen molar-refractivity contribution in [3.05, 3.63) is 23.9 Å². The van der Waals surface area contributed by atoms with Crippen LogP contribution in [0.4, 0.5) is 0 Å². The van der Waals surface area contributed by atoms with Crippen LogP contribution in [0, 0.1) is 0 Å². The number of methoxy groups -OCH3 is 1. The average molecular weight is 181 g/mol. The third-order valence-electron chi connectivity index (χ3n) is 1.86. The van der Waals surface area contributed by atoms with E-state index in [1.54, 1.807) is 19.4 Å². The number of pyridine rings is 1. The van der Waals surface area contributed by atoms with Crippen LogP contribution in [0.5, 0.6) is 5.88 Å². The molecule has 2 rings (SSSR count). The highest BCUT2D eigenvalue weighted by Crippen LogP contribution is 2.23. The van der Waals surface area contributed by atoms with Crippen LogP contribution < -0.4 is 4.74 Å². The number of hydrogen-bond donors (Lipinski definition) is 0. The molecule has 70 valence electrons. The standard InChI is InChI=1S/C9H11NO3/c1-11-8-3-2-7(6-10-8)9-12-4-5-13-9/h2-3,6,9H,4-5H2,1H3. The fourth-order valence-electron chi connectivity index (χ4n) is 1.20. The van der Waals surface area contributed by atoms with Gasteiger partial charge >= 0.3 is 0 Å². The van der Waals surface area contributed by atoms with E-state index in [1.165, 1.54) is 0 Å². The largest absolute Gasteiger partial charge is 0.481 e. The maximum Gasteiger partial charge on any atom is 0.212 e. The summed E-state index contributed by atoms with van der Waals surface area (Å²) < 4.78 is 15.6. The molecular formula is C9H11NO3. The molecule has 0 atom stereocenters. The van der Waals surface area contributed by atoms with E-state index in [1.807, 2.05) is 6.07 Å². The van der Waals surface area contributed by atoms with Crippen LogP contribution in [0.15, 0.2) is 18.3 Å². The molecular weight excluding hydrogens is 170 g/mol. The van der Waals surface area contributed by atoms with Gasteiger partial charge in [-0.3, -0.25) is 0 Å². The van der Waals surface area contributed by atoms with Gasteiger partial charge in [0.2, 0.25) is 5.88 Å². The number of nitrogens with zero attached hydrogens (tertiary/aromatic N) is 1. The van der Waals surface area contributed by atoms with Gasteiger partial charge in [0, 0.05) is 17.8 Å². The molecule has 13 heavy (non-hydrogen) atoms. The molecule has 0 saturated carbocycles. The van der Waals surface area contributed by atoms with Gasteiger partial charge in [0.15, 0.2) is 6.29 Å². The molecule has 2 heterocycles. The maximum absolute atomic E-state index is 5.31. The fourth-order valence-corrected chi connectivity index (χ4v) is 1.20. The highest BCUT2D eigenvalue weighted by atomic mass is 16.7. The van der Waals surface area contributed by atoms with Crippen LogP contribution in [0.25, 0.3) is 0 Å². The highest BCUT2D eigenvalue weighted by molar-refractivity contribution is 5.18. The summed E-state index contributed by atoms with van der Waals surface area (Å²) in [5.74, 6) is 0.599. The van der Waals surface area contributed by atoms with Crippen LogP contribution in [-0.2, 0) is 9.47 Å². The highest BCUT2D eigenvalue weighted by Gasteiger charge is 2.18. The minimum absolute atomic E-state index is 0.251. The minimum atomic E-state index is -0.251. The number of hydrogen-bond acceptors (Lipinski definition) is 4. The smallest absolute Gasteiger partial charge is 0.212 e. The Morgan fingerprint density at radius 3 is 2.69 bits per heavy atom. The Hall–Kier alpha value is -1.13. The van der Waals surface area contributed by atoms with Gasteiger partial charge in [-0.05, 0) is 6.07 Å². The molecule has 0 radical (unpaired) electrons. The second-order valence-corrected chi connectivity index (χ2v) is 2.71. The van der Waals surface area contributed by atoms with Crippen molar-refractivity contribution in [2.24, 2.45) is 0 Å². The van der Waals surface area contributed by atoms with Crippen LogP contribution in [0.3, 0.4) is 0 Å². The van der Waals surface area contributed by atoms with Gasteiger partial charge in [-0.1, -0.05) is 0 Å². The average Bonchev–Trinajstić information content (AvgIpc) is 2.71. The zero-order valence-electron chi connectivity index (χ0n) is 7.40. The maximum atomic E-state index is 5.31. The summed E-state index contributed by atoms with van der Waals surface area (Å²) in [6, 6.07) is 3.68. The Kier molecular flexibility index (Phi) is 2.42. The first-order valence-electron chi connectivity index (χ1n) is 4.13. The van der Waals surface area contributed by atoms with Crippen molar-refractivity contribution in [2.45, 2.75) is 6.29 Å². The first kappa shape index (κ1) is 8.47. The van der Waals surface area contributed by atoms with Gasteiger partial charge in [0.25, 0.3) is 0 Å². The van der Waals surface area contributed by atoms with E-state index < -0.39 is 0 Å². The lowest BCUT2D eigenvalue weighted by Crippen LogP contribution is -1.98. The van der Waals surface area contributed by atoms with Crippen LogP contribution >= 0.6 is 0 Å². The molecule has 1 fully saturated rings. The molecule has 0 unspecified atom stereocenters. The molecule has 0 N–H and O–H groups in total. The van der Waals surface area contributed by atoms with Crippen molar-refractivity contribution >= 4 is 0 Å². The molecule has 0 spiro atoms. The van der Waals surface area contributed by atoms with Crippen molar-refractivity contribution in [3.8, 4) is 5.88 Å². The molecule has 4 nitrogen and oxygen atoms in total. The third kappa shape index (κ3) is 1.79. The monoisotopic (exact) mass is 181 g/mol. The lowest BCUT2D eigenvalue weighted by Gasteiger charge is -2.08. The van der Waals surface area contributed by atoms with E-state index >= 15 is 0 Å². The lowest BCUT2D eigenvalue weighted by molar-refractivity contribution is -0.0443. The van der Waals surface area contributed by atoms with Gasteiger partial charge < -0.3 is 14.2 Å². The SMILES string of the molecule is COc1ccc(C2OCCO2)cn1. The van der Waals surface area contributed by atoms with Crippen LogP contribution in [0.1, 0.15) is 11.9 Å². The predicted molar refractivity (Wildman–Crippen MR) is 45.4 cm³/mol. The van der Waals surface area contributed by atoms with Crippen LogP contribution in [0.2, 0.25) is 0 Å². The second-order valence-electron chi connectivity index (χ2n) is 2.71. The first-order chi connectivity index (χ1) is 6.40. The Labute approximate surface area is 76.4 Å². The van der Waals surface area contributed by atoms with Gasteiger partial charge in [-0.25, -0.2) is 4.98 Å². The predicted octanol–water partition coefficient (Wildman–Crippen LogP) is 1.14. The summed E-state index contributed by atoms with van der Waals surface area (Å²) in [5.41, 5.74) is 0.929. The van der Waals surface area contributed by atoms with Crippen molar-refractivity contribution < 1.29 is 14.2 Å². The van der Waals surface area contributed by atoms with Gasteiger partial charge in [0.1, 0.15) is 0 Å². The zero-order chi connectivity index (χ0) is 9.10. The quantitative estimate of drug-likeness (QED) is 0.685. The molecule has 0 aliphatic carbocycles. The molecule has 0 bridgehead atoms. The molecule has 1 aromatic rings. The Bertz CT molecular complexity index is 267. The molecule has 1 aliphatic rings. The lowest BCUT2D eigenvalue weighted by atomic mass is 10.3. The number of rotatable bonds is 2. The molecule has 0 amide bonds. The summed E-state index contributed by atoms with van der Waals surface area (Å²) in [5, 5.41) is 0. The number of aromatic nitrogens is 1. The van der Waals surface area contributed by atoms with E-state index in [4.69, 9.17) is 14.2 Å². The Balaban J connectivity index is 2.12. The van der Waals surface area contributed by atoms with E-state index in [9.17, 15) is 0 Å². The fraction of sp³-hybridized carbons (Fsp3) is 0.444. The van der Waals surface area contributed by atoms with Crippen molar-refractivity contribution in [2.75, 3.05) is 20.3 Å². The van der Waals surface area contributed by atoms with Crippen molar-refractivity contribution in [1.82, 2.24) is 4.98 Å². The molecule has 0 aromatic carbocycles. The van der Waals surface area contributed by atoms with Gasteiger partial charge in [-0.15, -0.1) is 0 Å². The normalized spacial score (nSPS) is 17.6. The summed E-state index contributed by atoms with van der Waals surface area (Å²) in [6.45, 7) is 1.30. The van der Waals surface area contributed by atoms with Gasteiger partial charge in [0.05, 0.1) is 20.3 Å². The molecule has 4 heteroatoms. The summed E-state index contributed by atoms with van der Waals surface area (Å²) in [6.07, 6.45) is 1.45. The molecule has 1 saturated heterocycles. The Morgan fingerprint density at radius 2 is 2.15 bits per heavy atom. The van der Waals surface area contributed by atoms with E-state index in [0.29, 0.717) is 19.1 Å². The second kappa shape index (κ2) is 3.72. The van der Waals surface area contributed by atoms with Crippen molar-refractivity contribution in [3.63, 3.8) is 0 Å².